The van der Waals surface area contributed by atoms with Crippen LogP contribution in [-0.2, 0) is 4.74 Å². The molecule has 0 radical (unpaired) electrons. The molecule has 3 heterocycles. The average Bonchev–Trinajstić information content (AvgIpc) is 2.84. The van der Waals surface area contributed by atoms with Crippen molar-refractivity contribution < 1.29 is 20.1 Å². The summed E-state index contributed by atoms with van der Waals surface area (Å²) >= 11 is 0. The summed E-state index contributed by atoms with van der Waals surface area (Å²) in [6, 6.07) is 1.25. The van der Waals surface area contributed by atoms with Gasteiger partial charge in [0.2, 0.25) is 0 Å². The van der Waals surface area contributed by atoms with Gasteiger partial charge in [0.15, 0.2) is 17.3 Å². The highest BCUT2D eigenvalue weighted by Crippen LogP contribution is 2.33. The molecule has 0 bridgehead atoms. The van der Waals surface area contributed by atoms with Crippen LogP contribution < -0.4 is 11.2 Å². The lowest BCUT2D eigenvalue weighted by atomic mass is 10.0. The summed E-state index contributed by atoms with van der Waals surface area (Å²) in [5, 5.41) is 30.6. The van der Waals surface area contributed by atoms with Gasteiger partial charge in [0, 0.05) is 12.3 Å². The maximum atomic E-state index is 12.0. The third-order valence-corrected chi connectivity index (χ3v) is 4.07. The molecule has 1 aliphatic heterocycles. The zero-order valence-corrected chi connectivity index (χ0v) is 12.7. The van der Waals surface area contributed by atoms with E-state index in [1.54, 1.807) is 0 Å². The van der Waals surface area contributed by atoms with E-state index < -0.39 is 30.6 Å². The van der Waals surface area contributed by atoms with Gasteiger partial charge in [0.1, 0.15) is 35.8 Å². The predicted octanol–water partition coefficient (Wildman–Crippen LogP) is -1.07. The highest BCUT2D eigenvalue weighted by Gasteiger charge is 2.46. The first-order valence-corrected chi connectivity index (χ1v) is 7.37. The predicted molar refractivity (Wildman–Crippen MR) is 85.0 cm³/mol. The molecule has 0 spiro atoms. The van der Waals surface area contributed by atoms with E-state index in [0.717, 1.165) is 0 Å². The zero-order valence-electron chi connectivity index (χ0n) is 12.7. The van der Waals surface area contributed by atoms with E-state index in [0.29, 0.717) is 0 Å². The first-order chi connectivity index (χ1) is 11.5. The van der Waals surface area contributed by atoms with Crippen LogP contribution in [0.1, 0.15) is 12.6 Å². The van der Waals surface area contributed by atoms with Gasteiger partial charge in [-0.15, -0.1) is 6.58 Å². The minimum atomic E-state index is -1.32. The molecule has 1 fully saturated rings. The SMILES string of the molecule is C=CC[C@@H](O)[C@H]1OC(n2ccc(=O)c3c(N)ncnc32)[C@H](O)[C@@H]1O. The number of aromatic nitrogens is 3. The van der Waals surface area contributed by atoms with Gasteiger partial charge >= 0.3 is 0 Å². The number of nitrogens with zero attached hydrogens (tertiary/aromatic N) is 3. The smallest absolute Gasteiger partial charge is 0.194 e. The van der Waals surface area contributed by atoms with Crippen LogP contribution in [0.15, 0.2) is 36.0 Å². The third kappa shape index (κ3) is 2.57. The van der Waals surface area contributed by atoms with Gasteiger partial charge < -0.3 is 30.4 Å². The third-order valence-electron chi connectivity index (χ3n) is 4.07. The Kier molecular flexibility index (Phi) is 4.33. The molecule has 128 valence electrons. The molecule has 5 atom stereocenters. The summed E-state index contributed by atoms with van der Waals surface area (Å²) in [5.41, 5.74) is 5.54. The summed E-state index contributed by atoms with van der Waals surface area (Å²) in [7, 11) is 0. The number of rotatable bonds is 4. The molecule has 1 saturated heterocycles. The van der Waals surface area contributed by atoms with Gasteiger partial charge in [-0.3, -0.25) is 4.79 Å². The second kappa shape index (κ2) is 6.29. The first-order valence-electron chi connectivity index (χ1n) is 7.37. The Morgan fingerprint density at radius 3 is 2.88 bits per heavy atom. The van der Waals surface area contributed by atoms with Gasteiger partial charge in [-0.05, 0) is 6.42 Å². The van der Waals surface area contributed by atoms with E-state index in [1.165, 1.54) is 29.2 Å². The topological polar surface area (TPSA) is 144 Å². The van der Waals surface area contributed by atoms with Crippen molar-refractivity contribution in [1.82, 2.24) is 14.5 Å². The Morgan fingerprint density at radius 1 is 1.42 bits per heavy atom. The molecule has 9 nitrogen and oxygen atoms in total. The Hall–Kier alpha value is -2.33. The van der Waals surface area contributed by atoms with Gasteiger partial charge in [0.25, 0.3) is 0 Å². The molecule has 0 amide bonds. The van der Waals surface area contributed by atoms with Crippen molar-refractivity contribution in [2.75, 3.05) is 5.73 Å². The van der Waals surface area contributed by atoms with Crippen LogP contribution in [0.25, 0.3) is 11.0 Å². The molecule has 5 N–H and O–H groups in total. The van der Waals surface area contributed by atoms with Gasteiger partial charge in [0.05, 0.1) is 6.10 Å². The van der Waals surface area contributed by atoms with Crippen LogP contribution in [0.2, 0.25) is 0 Å². The normalized spacial score (nSPS) is 28.1. The van der Waals surface area contributed by atoms with Gasteiger partial charge in [-0.2, -0.15) is 0 Å². The van der Waals surface area contributed by atoms with Crippen molar-refractivity contribution in [3.8, 4) is 0 Å². The number of ether oxygens (including phenoxy) is 1. The number of nitrogen functional groups attached to an aromatic ring is 1. The molecule has 1 unspecified atom stereocenters. The number of hydrogen-bond donors (Lipinski definition) is 4. The number of anilines is 1. The lowest BCUT2D eigenvalue weighted by Gasteiger charge is -2.21. The Morgan fingerprint density at radius 2 is 2.17 bits per heavy atom. The summed E-state index contributed by atoms with van der Waals surface area (Å²) in [5.74, 6) is 0.00984. The molecule has 0 saturated carbocycles. The van der Waals surface area contributed by atoms with E-state index in [1.807, 2.05) is 0 Å². The first kappa shape index (κ1) is 16.5. The van der Waals surface area contributed by atoms with Gasteiger partial charge in [-0.25, -0.2) is 9.97 Å². The van der Waals surface area contributed by atoms with Crippen LogP contribution in [0.5, 0.6) is 0 Å². The fourth-order valence-electron chi connectivity index (χ4n) is 2.87. The number of aliphatic hydroxyl groups is 3. The molecule has 3 rings (SSSR count). The maximum Gasteiger partial charge on any atom is 0.194 e. The second-order valence-corrected chi connectivity index (χ2v) is 5.61. The Balaban J connectivity index is 2.05. The second-order valence-electron chi connectivity index (χ2n) is 5.61. The highest BCUT2D eigenvalue weighted by atomic mass is 16.6. The van der Waals surface area contributed by atoms with Crippen LogP contribution in [-0.4, -0.2) is 54.3 Å². The quantitative estimate of drug-likeness (QED) is 0.517. The van der Waals surface area contributed by atoms with Crippen LogP contribution in [0.3, 0.4) is 0 Å². The van der Waals surface area contributed by atoms with E-state index in [-0.39, 0.29) is 28.7 Å². The summed E-state index contributed by atoms with van der Waals surface area (Å²) in [4.78, 5) is 19.8. The zero-order chi connectivity index (χ0) is 17.4. The summed E-state index contributed by atoms with van der Waals surface area (Å²) < 4.78 is 7.03. The minimum absolute atomic E-state index is 0.00984. The van der Waals surface area contributed by atoms with Crippen LogP contribution in [0, 0.1) is 0 Å². The van der Waals surface area contributed by atoms with Crippen molar-refractivity contribution in [3.05, 3.63) is 41.5 Å². The standard InChI is InChI=1S/C15H18N4O5/c1-2-3-8(21)12-10(22)11(23)15(24-12)19-5-4-7(20)9-13(16)17-6-18-14(9)19/h2,4-6,8,10-12,15,21-23H,1,3H2,(H2,16,17,18)/t8-,10+,11-,12-,15?/m1/s1. The van der Waals surface area contributed by atoms with Crippen molar-refractivity contribution in [2.24, 2.45) is 0 Å². The number of aliphatic hydroxyl groups excluding tert-OH is 3. The molecule has 1 aliphatic rings. The van der Waals surface area contributed by atoms with Crippen molar-refractivity contribution >= 4 is 16.9 Å². The molecular weight excluding hydrogens is 316 g/mol. The van der Waals surface area contributed by atoms with Crippen LogP contribution >= 0.6 is 0 Å². The highest BCUT2D eigenvalue weighted by molar-refractivity contribution is 5.84. The number of hydrogen-bond acceptors (Lipinski definition) is 8. The van der Waals surface area contributed by atoms with Crippen molar-refractivity contribution in [2.45, 2.75) is 37.1 Å². The number of fused-ring (bicyclic) bond motifs is 1. The fourth-order valence-corrected chi connectivity index (χ4v) is 2.87. The Labute approximate surface area is 136 Å². The van der Waals surface area contributed by atoms with E-state index in [9.17, 15) is 20.1 Å². The monoisotopic (exact) mass is 334 g/mol. The number of nitrogens with two attached hydrogens (primary N) is 1. The molecule has 24 heavy (non-hydrogen) atoms. The van der Waals surface area contributed by atoms with Crippen LogP contribution in [0.4, 0.5) is 5.82 Å². The summed E-state index contributed by atoms with van der Waals surface area (Å²) in [6.45, 7) is 3.52. The van der Waals surface area contributed by atoms with Gasteiger partial charge in [-0.1, -0.05) is 6.08 Å². The van der Waals surface area contributed by atoms with E-state index in [2.05, 4.69) is 16.5 Å². The molecule has 0 aliphatic carbocycles. The molecule has 2 aromatic heterocycles. The summed E-state index contributed by atoms with van der Waals surface area (Å²) in [6.07, 6.45) is -1.43. The van der Waals surface area contributed by atoms with E-state index >= 15 is 0 Å². The molecule has 0 aromatic carbocycles. The minimum Gasteiger partial charge on any atom is -0.390 e. The van der Waals surface area contributed by atoms with Crippen molar-refractivity contribution in [3.63, 3.8) is 0 Å². The largest absolute Gasteiger partial charge is 0.390 e. The molecular formula is C15H18N4O5. The molecule has 2 aromatic rings. The Bertz CT molecular complexity index is 823. The lowest BCUT2D eigenvalue weighted by Crippen LogP contribution is -2.38. The van der Waals surface area contributed by atoms with Crippen molar-refractivity contribution in [1.29, 1.82) is 0 Å². The molecule has 9 heteroatoms. The number of pyridine rings is 1. The fraction of sp³-hybridized carbons (Fsp3) is 0.400. The maximum absolute atomic E-state index is 12.0. The average molecular weight is 334 g/mol. The van der Waals surface area contributed by atoms with E-state index in [4.69, 9.17) is 10.5 Å². The lowest BCUT2D eigenvalue weighted by molar-refractivity contribution is -0.0822.